The molecule has 0 radical (unpaired) electrons. The number of carboxylic acid groups (broad SMARTS) is 1. The Morgan fingerprint density at radius 3 is 2.00 bits per heavy atom. The Balaban J connectivity index is 0.000000944. The van der Waals surface area contributed by atoms with Crippen molar-refractivity contribution in [3.63, 3.8) is 0 Å². The summed E-state index contributed by atoms with van der Waals surface area (Å²) in [5, 5.41) is 22.0. The fourth-order valence-electron chi connectivity index (χ4n) is 4.10. The van der Waals surface area contributed by atoms with Gasteiger partial charge < -0.3 is 44.6 Å². The van der Waals surface area contributed by atoms with Gasteiger partial charge in [0.05, 0.1) is 97.7 Å². The highest BCUT2D eigenvalue weighted by Crippen LogP contribution is 2.33. The Hall–Kier alpha value is -4.08. The number of thiazole rings is 1. The largest absolute Gasteiger partial charge is 0.490 e. The number of anilines is 2. The molecule has 0 atom stereocenters. The zero-order chi connectivity index (χ0) is 37.4. The first-order valence-corrected chi connectivity index (χ1v) is 17.2. The molecule has 52 heavy (non-hydrogen) atoms. The van der Waals surface area contributed by atoms with E-state index in [1.165, 1.54) is 5.56 Å². The number of ether oxygens (including phenoxy) is 6. The van der Waals surface area contributed by atoms with Gasteiger partial charge in [-0.3, -0.25) is 4.98 Å². The molecule has 3 aromatic heterocycles. The van der Waals surface area contributed by atoms with Gasteiger partial charge in [-0.25, -0.2) is 14.5 Å². The highest BCUT2D eigenvalue weighted by atomic mass is 32.1. The maximum Gasteiger partial charge on any atom is 0.490 e. The number of nitrogens with two attached hydrogens (primary N) is 1. The van der Waals surface area contributed by atoms with E-state index in [4.69, 9.17) is 49.0 Å². The minimum atomic E-state index is -5.08. The Morgan fingerprint density at radius 2 is 1.44 bits per heavy atom. The zero-order valence-corrected chi connectivity index (χ0v) is 29.6. The molecule has 4 N–H and O–H groups in total. The van der Waals surface area contributed by atoms with Crippen LogP contribution >= 0.6 is 11.3 Å². The fraction of sp³-hybridized carbons (Fsp3) is 0.485. The number of hydrogen-bond acceptors (Lipinski definition) is 14. The molecule has 1 aromatic carbocycles. The number of hydrogen-bond donors (Lipinski definition) is 3. The molecule has 0 saturated carbocycles. The third-order valence-electron chi connectivity index (χ3n) is 6.51. The third kappa shape index (κ3) is 17.0. The molecule has 0 aliphatic heterocycles. The number of aliphatic carboxylic acids is 1. The SMILES string of the molecule is Cc1cccc(Nc2nc(-c3ccncc3-c3cn(CCOCCOCCOCCOCCOCCOCCN)nn3)cs2)c1.O=C(O)C(F)(F)F. The van der Waals surface area contributed by atoms with Gasteiger partial charge in [-0.2, -0.15) is 13.2 Å². The van der Waals surface area contributed by atoms with Crippen LogP contribution < -0.4 is 11.1 Å². The van der Waals surface area contributed by atoms with Crippen LogP contribution in [0.3, 0.4) is 0 Å². The summed E-state index contributed by atoms with van der Waals surface area (Å²) >= 11 is 1.55. The molecule has 0 fully saturated rings. The summed E-state index contributed by atoms with van der Waals surface area (Å²) < 4.78 is 66.3. The van der Waals surface area contributed by atoms with E-state index in [0.717, 1.165) is 33.3 Å². The predicted molar refractivity (Wildman–Crippen MR) is 186 cm³/mol. The Labute approximate surface area is 303 Å². The van der Waals surface area contributed by atoms with Crippen molar-refractivity contribution in [3.05, 3.63) is 59.9 Å². The van der Waals surface area contributed by atoms with Crippen molar-refractivity contribution < 1.29 is 51.5 Å². The van der Waals surface area contributed by atoms with Gasteiger partial charge in [-0.05, 0) is 30.7 Å². The summed E-state index contributed by atoms with van der Waals surface area (Å²) in [6.45, 7) is 9.34. The molecule has 4 aromatic rings. The fourth-order valence-corrected chi connectivity index (χ4v) is 4.83. The third-order valence-corrected chi connectivity index (χ3v) is 7.27. The van der Waals surface area contributed by atoms with Crippen LogP contribution in [-0.2, 0) is 39.8 Å². The molecule has 0 spiro atoms. The molecule has 0 saturated heterocycles. The number of carboxylic acids is 1. The average molecular weight is 756 g/mol. The molecular formula is C33H44F3N7O8S. The van der Waals surface area contributed by atoms with Crippen LogP contribution in [-0.4, -0.2) is 128 Å². The van der Waals surface area contributed by atoms with Crippen LogP contribution in [0, 0.1) is 6.92 Å². The first-order chi connectivity index (χ1) is 25.2. The first kappa shape index (κ1) is 42.3. The molecule has 0 bridgehead atoms. The van der Waals surface area contributed by atoms with Crippen molar-refractivity contribution >= 4 is 28.1 Å². The lowest BCUT2D eigenvalue weighted by Crippen LogP contribution is -2.21. The second-order valence-corrected chi connectivity index (χ2v) is 11.4. The number of carbonyl (C=O) groups is 1. The number of benzene rings is 1. The van der Waals surface area contributed by atoms with E-state index in [1.54, 1.807) is 28.4 Å². The van der Waals surface area contributed by atoms with Crippen molar-refractivity contribution in [1.82, 2.24) is 25.0 Å². The van der Waals surface area contributed by atoms with Crippen LogP contribution in [0.25, 0.3) is 22.5 Å². The summed E-state index contributed by atoms with van der Waals surface area (Å²) in [7, 11) is 0. The van der Waals surface area contributed by atoms with Gasteiger partial charge in [0.1, 0.15) is 5.69 Å². The van der Waals surface area contributed by atoms with Gasteiger partial charge in [0.25, 0.3) is 0 Å². The van der Waals surface area contributed by atoms with Gasteiger partial charge in [0, 0.05) is 41.1 Å². The maximum atomic E-state index is 10.6. The van der Waals surface area contributed by atoms with E-state index in [0.29, 0.717) is 92.4 Å². The van der Waals surface area contributed by atoms with Crippen LogP contribution in [0.1, 0.15) is 5.56 Å². The van der Waals surface area contributed by atoms with Crippen molar-refractivity contribution in [2.24, 2.45) is 5.73 Å². The number of pyridine rings is 1. The lowest BCUT2D eigenvalue weighted by Gasteiger charge is -2.08. The van der Waals surface area contributed by atoms with Crippen molar-refractivity contribution in [3.8, 4) is 22.5 Å². The minimum absolute atomic E-state index is 0.484. The highest BCUT2D eigenvalue weighted by Gasteiger charge is 2.38. The number of halogens is 3. The Bertz CT molecular complexity index is 1580. The second-order valence-electron chi connectivity index (χ2n) is 10.6. The number of nitrogens with one attached hydrogen (secondary N) is 1. The smallest absolute Gasteiger partial charge is 0.475 e. The van der Waals surface area contributed by atoms with Gasteiger partial charge >= 0.3 is 12.1 Å². The van der Waals surface area contributed by atoms with Crippen molar-refractivity contribution in [1.29, 1.82) is 0 Å². The predicted octanol–water partition coefficient (Wildman–Crippen LogP) is 4.21. The van der Waals surface area contributed by atoms with E-state index in [-0.39, 0.29) is 0 Å². The monoisotopic (exact) mass is 755 g/mol. The topological polar surface area (TPSA) is 187 Å². The van der Waals surface area contributed by atoms with Crippen LogP contribution in [0.4, 0.5) is 24.0 Å². The molecule has 286 valence electrons. The number of alkyl halides is 3. The quantitative estimate of drug-likeness (QED) is 0.0864. The van der Waals surface area contributed by atoms with Gasteiger partial charge in [-0.1, -0.05) is 17.3 Å². The molecule has 3 heterocycles. The summed E-state index contributed by atoms with van der Waals surface area (Å²) in [5.74, 6) is -2.76. The molecule has 0 aliphatic rings. The molecule has 0 unspecified atom stereocenters. The highest BCUT2D eigenvalue weighted by molar-refractivity contribution is 7.14. The van der Waals surface area contributed by atoms with E-state index in [2.05, 4.69) is 39.7 Å². The van der Waals surface area contributed by atoms with E-state index < -0.39 is 12.1 Å². The average Bonchev–Trinajstić information content (AvgIpc) is 3.79. The maximum absolute atomic E-state index is 10.6. The summed E-state index contributed by atoms with van der Waals surface area (Å²) in [6.07, 6.45) is 0.364. The summed E-state index contributed by atoms with van der Waals surface area (Å²) in [6, 6.07) is 10.2. The van der Waals surface area contributed by atoms with Crippen molar-refractivity contribution in [2.45, 2.75) is 19.6 Å². The number of nitrogens with zero attached hydrogens (tertiary/aromatic N) is 5. The van der Waals surface area contributed by atoms with E-state index >= 15 is 0 Å². The standard InChI is InChI=1S/C31H43N7O6S.C2HF3O2/c1-25-3-2-4-26(21-25)34-31-35-30(24-45-31)27-5-7-33-22-28(27)29-23-38(37-36-29)8-10-40-12-14-42-16-18-44-20-19-43-17-15-41-13-11-39-9-6-32;3-2(4,5)1(6)7/h2-5,7,21-24H,6,8-20,32H2,1H3,(H,34,35);(H,6,7). The van der Waals surface area contributed by atoms with Crippen LogP contribution in [0.2, 0.25) is 0 Å². The molecule has 15 nitrogen and oxygen atoms in total. The normalized spacial score (nSPS) is 11.3. The number of aryl methyl sites for hydroxylation is 1. The zero-order valence-electron chi connectivity index (χ0n) is 28.8. The van der Waals surface area contributed by atoms with Crippen LogP contribution in [0.5, 0.6) is 0 Å². The second kappa shape index (κ2) is 24.2. The van der Waals surface area contributed by atoms with Gasteiger partial charge in [0.2, 0.25) is 0 Å². The molecule has 0 amide bonds. The van der Waals surface area contributed by atoms with Crippen LogP contribution in [0.15, 0.2) is 54.3 Å². The van der Waals surface area contributed by atoms with E-state index in [9.17, 15) is 13.2 Å². The lowest BCUT2D eigenvalue weighted by atomic mass is 10.1. The Morgan fingerprint density at radius 1 is 0.865 bits per heavy atom. The summed E-state index contributed by atoms with van der Waals surface area (Å²) in [5.41, 5.74) is 10.9. The van der Waals surface area contributed by atoms with E-state index in [1.807, 2.05) is 29.8 Å². The lowest BCUT2D eigenvalue weighted by molar-refractivity contribution is -0.192. The van der Waals surface area contributed by atoms with Gasteiger partial charge in [0.15, 0.2) is 5.13 Å². The number of aromatic nitrogens is 5. The Kier molecular flexibility index (Phi) is 19.7. The summed E-state index contributed by atoms with van der Waals surface area (Å²) in [4.78, 5) is 18.0. The van der Waals surface area contributed by atoms with Gasteiger partial charge in [-0.15, -0.1) is 16.4 Å². The van der Waals surface area contributed by atoms with Crippen molar-refractivity contribution in [2.75, 3.05) is 91.1 Å². The number of rotatable bonds is 24. The first-order valence-electron chi connectivity index (χ1n) is 16.3. The molecule has 19 heteroatoms. The molecule has 0 aliphatic carbocycles. The minimum Gasteiger partial charge on any atom is -0.475 e. The molecule has 4 rings (SSSR count). The molecular weight excluding hydrogens is 711 g/mol.